The van der Waals surface area contributed by atoms with Crippen LogP contribution in [0.1, 0.15) is 46.9 Å². The van der Waals surface area contributed by atoms with Crippen LogP contribution < -0.4 is 0 Å². The summed E-state index contributed by atoms with van der Waals surface area (Å²) in [7, 11) is 1.35. The van der Waals surface area contributed by atoms with Gasteiger partial charge in [-0.15, -0.1) is 0 Å². The van der Waals surface area contributed by atoms with Crippen molar-refractivity contribution in [3.8, 4) is 28.6 Å². The number of ether oxygens (including phenoxy) is 1. The first-order chi connectivity index (χ1) is 21.4. The van der Waals surface area contributed by atoms with Crippen LogP contribution in [0.2, 0.25) is 0 Å². The predicted octanol–water partition coefficient (Wildman–Crippen LogP) is 6.58. The molecule has 6 rings (SSSR count). The molecule has 4 aromatic carbocycles. The topological polar surface area (TPSA) is 91.9 Å². The van der Waals surface area contributed by atoms with Crippen molar-refractivity contribution in [3.63, 3.8) is 0 Å². The second kappa shape index (κ2) is 12.8. The van der Waals surface area contributed by atoms with E-state index < -0.39 is 5.97 Å². The number of hydrogen-bond acceptors (Lipinski definition) is 8. The normalized spacial score (nSPS) is 18.2. The maximum absolute atomic E-state index is 11.8. The fraction of sp³-hybridized carbons (Fsp3) is 0.250. The molecular formula is C36H36N4O4. The Morgan fingerprint density at radius 3 is 2.32 bits per heavy atom. The van der Waals surface area contributed by atoms with Gasteiger partial charge < -0.3 is 14.4 Å². The lowest BCUT2D eigenvalue weighted by Crippen LogP contribution is -2.56. The molecule has 0 saturated carbocycles. The van der Waals surface area contributed by atoms with Crippen LogP contribution in [0.15, 0.2) is 108 Å². The molecule has 2 heterocycles. The number of esters is 1. The van der Waals surface area contributed by atoms with E-state index in [0.717, 1.165) is 36.3 Å². The zero-order chi connectivity index (χ0) is 30.6. The molecule has 1 aliphatic rings. The molecule has 1 N–H and O–H groups in total. The van der Waals surface area contributed by atoms with Crippen molar-refractivity contribution in [3.05, 3.63) is 125 Å². The van der Waals surface area contributed by atoms with Crippen molar-refractivity contribution < 1.29 is 19.2 Å². The van der Waals surface area contributed by atoms with E-state index in [-0.39, 0.29) is 17.8 Å². The Kier molecular flexibility index (Phi) is 8.54. The maximum Gasteiger partial charge on any atom is 0.337 e. The number of carbonyl (C=O) groups is 1. The average Bonchev–Trinajstić information content (AvgIpc) is 3.54. The van der Waals surface area contributed by atoms with Crippen LogP contribution in [0.25, 0.3) is 22.8 Å². The fourth-order valence-electron chi connectivity index (χ4n) is 6.03. The minimum atomic E-state index is -0.398. The fourth-order valence-corrected chi connectivity index (χ4v) is 6.03. The van der Waals surface area contributed by atoms with Gasteiger partial charge in [-0.1, -0.05) is 71.9 Å². The zero-order valence-corrected chi connectivity index (χ0v) is 25.1. The number of aromatic nitrogens is 2. The van der Waals surface area contributed by atoms with Crippen molar-refractivity contribution in [2.75, 3.05) is 20.2 Å². The van der Waals surface area contributed by atoms with Gasteiger partial charge in [0.15, 0.2) is 0 Å². The van der Waals surface area contributed by atoms with Gasteiger partial charge in [0, 0.05) is 42.8 Å². The number of rotatable bonds is 8. The van der Waals surface area contributed by atoms with E-state index in [1.807, 2.05) is 24.3 Å². The highest BCUT2D eigenvalue weighted by molar-refractivity contribution is 5.89. The zero-order valence-electron chi connectivity index (χ0n) is 25.1. The van der Waals surface area contributed by atoms with Gasteiger partial charge in [-0.25, -0.2) is 4.79 Å². The number of carbonyl (C=O) groups excluding carboxylic acids is 1. The van der Waals surface area contributed by atoms with Crippen molar-refractivity contribution in [1.82, 2.24) is 19.9 Å². The standard InChI is InChI=1S/C36H36N4O4/c1-24-22-40(25(2)21-39(24)23-26-8-5-4-6-9-26)33(31-10-7-11-32(41)20-31)27-12-14-28(15-13-27)34-37-35(44-38-34)29-16-18-30(19-17-29)36(42)43-3/h4-20,24-25,33,41H,21-23H2,1-3H3/t24-,25+,33-/m1/s1. The number of aromatic hydroxyl groups is 1. The monoisotopic (exact) mass is 588 g/mol. The molecule has 8 nitrogen and oxygen atoms in total. The van der Waals surface area contributed by atoms with E-state index in [1.165, 1.54) is 12.7 Å². The molecule has 0 unspecified atom stereocenters. The molecule has 5 aromatic rings. The molecule has 1 aromatic heterocycles. The number of phenolic OH excluding ortho intramolecular Hbond substituents is 1. The van der Waals surface area contributed by atoms with Crippen LogP contribution in [0.3, 0.4) is 0 Å². The second-order valence-corrected chi connectivity index (χ2v) is 11.4. The Balaban J connectivity index is 1.24. The summed E-state index contributed by atoms with van der Waals surface area (Å²) in [6, 6.07) is 33.9. The number of methoxy groups -OCH3 is 1. The molecule has 0 amide bonds. The largest absolute Gasteiger partial charge is 0.508 e. The van der Waals surface area contributed by atoms with Gasteiger partial charge in [-0.2, -0.15) is 4.98 Å². The first-order valence-corrected chi connectivity index (χ1v) is 14.8. The first kappa shape index (κ1) is 29.3. The molecule has 0 bridgehead atoms. The van der Waals surface area contributed by atoms with Gasteiger partial charge in [0.1, 0.15) is 5.75 Å². The van der Waals surface area contributed by atoms with Crippen LogP contribution in [-0.2, 0) is 11.3 Å². The van der Waals surface area contributed by atoms with Crippen LogP contribution in [-0.4, -0.2) is 63.3 Å². The first-order valence-electron chi connectivity index (χ1n) is 14.8. The summed E-state index contributed by atoms with van der Waals surface area (Å²) < 4.78 is 10.3. The second-order valence-electron chi connectivity index (χ2n) is 11.4. The van der Waals surface area contributed by atoms with Gasteiger partial charge in [0.25, 0.3) is 5.89 Å². The minimum absolute atomic E-state index is 0.0402. The quantitative estimate of drug-likeness (QED) is 0.203. The Labute approximate surface area is 257 Å². The summed E-state index contributed by atoms with van der Waals surface area (Å²) in [5.74, 6) is 0.708. The number of piperazine rings is 1. The molecule has 0 aliphatic carbocycles. The highest BCUT2D eigenvalue weighted by Crippen LogP contribution is 2.36. The molecule has 224 valence electrons. The Morgan fingerprint density at radius 2 is 1.61 bits per heavy atom. The van der Waals surface area contributed by atoms with Crippen molar-refractivity contribution >= 4 is 5.97 Å². The number of hydrogen-bond donors (Lipinski definition) is 1. The molecule has 8 heteroatoms. The SMILES string of the molecule is COC(=O)c1ccc(-c2nc(-c3ccc([C@H](c4cccc(O)c4)N4C[C@@H](C)N(Cc5ccccc5)C[C@@H]4C)cc3)no2)cc1. The molecule has 1 fully saturated rings. The Morgan fingerprint density at radius 1 is 0.886 bits per heavy atom. The van der Waals surface area contributed by atoms with Gasteiger partial charge in [0.2, 0.25) is 5.82 Å². The minimum Gasteiger partial charge on any atom is -0.508 e. The van der Waals surface area contributed by atoms with Crippen LogP contribution in [0.5, 0.6) is 5.75 Å². The van der Waals surface area contributed by atoms with Crippen LogP contribution in [0, 0.1) is 0 Å². The highest BCUT2D eigenvalue weighted by Gasteiger charge is 2.35. The van der Waals surface area contributed by atoms with Crippen molar-refractivity contribution in [2.45, 2.75) is 38.5 Å². The molecule has 0 spiro atoms. The molecular weight excluding hydrogens is 552 g/mol. The summed E-state index contributed by atoms with van der Waals surface area (Å²) >= 11 is 0. The van der Waals surface area contributed by atoms with Gasteiger partial charge in [0.05, 0.1) is 18.7 Å². The number of phenols is 1. The van der Waals surface area contributed by atoms with Crippen molar-refractivity contribution in [1.29, 1.82) is 0 Å². The number of benzene rings is 4. The van der Waals surface area contributed by atoms with E-state index in [0.29, 0.717) is 28.9 Å². The third kappa shape index (κ3) is 6.27. The average molecular weight is 589 g/mol. The Bertz CT molecular complexity index is 1700. The summed E-state index contributed by atoms with van der Waals surface area (Å²) in [4.78, 5) is 21.5. The summed E-state index contributed by atoms with van der Waals surface area (Å²) in [6.07, 6.45) is 0. The summed E-state index contributed by atoms with van der Waals surface area (Å²) in [5, 5.41) is 14.6. The smallest absolute Gasteiger partial charge is 0.337 e. The molecule has 1 aliphatic heterocycles. The van der Waals surface area contributed by atoms with E-state index >= 15 is 0 Å². The molecule has 44 heavy (non-hydrogen) atoms. The van der Waals surface area contributed by atoms with Gasteiger partial charge >= 0.3 is 5.97 Å². The lowest BCUT2D eigenvalue weighted by molar-refractivity contribution is 0.0195. The molecule has 3 atom stereocenters. The van der Waals surface area contributed by atoms with E-state index in [2.05, 4.69) is 82.3 Å². The summed E-state index contributed by atoms with van der Waals surface area (Å²) in [6.45, 7) is 7.33. The number of nitrogens with zero attached hydrogens (tertiary/aromatic N) is 4. The predicted molar refractivity (Wildman–Crippen MR) is 169 cm³/mol. The summed E-state index contributed by atoms with van der Waals surface area (Å²) in [5.41, 5.74) is 5.49. The van der Waals surface area contributed by atoms with Crippen LogP contribution in [0.4, 0.5) is 0 Å². The molecule has 0 radical (unpaired) electrons. The third-order valence-corrected chi connectivity index (χ3v) is 8.37. The van der Waals surface area contributed by atoms with E-state index in [9.17, 15) is 9.90 Å². The van der Waals surface area contributed by atoms with Crippen LogP contribution >= 0.6 is 0 Å². The van der Waals surface area contributed by atoms with E-state index in [4.69, 9.17) is 9.26 Å². The lowest BCUT2D eigenvalue weighted by atomic mass is 9.92. The van der Waals surface area contributed by atoms with Gasteiger partial charge in [-0.05, 0) is 66.9 Å². The Hall–Kier alpha value is -4.79. The molecule has 1 saturated heterocycles. The third-order valence-electron chi connectivity index (χ3n) is 8.37. The van der Waals surface area contributed by atoms with E-state index in [1.54, 1.807) is 30.3 Å². The lowest BCUT2D eigenvalue weighted by Gasteiger charge is -2.47. The van der Waals surface area contributed by atoms with Crippen molar-refractivity contribution in [2.24, 2.45) is 0 Å². The van der Waals surface area contributed by atoms with Gasteiger partial charge in [-0.3, -0.25) is 9.80 Å². The maximum atomic E-state index is 11.8. The highest BCUT2D eigenvalue weighted by atomic mass is 16.5.